The fourth-order valence-corrected chi connectivity index (χ4v) is 3.24. The number of aromatic amines is 1. The normalized spacial score (nSPS) is 14.9. The van der Waals surface area contributed by atoms with Gasteiger partial charge in [0.05, 0.1) is 31.8 Å². The van der Waals surface area contributed by atoms with Crippen LogP contribution in [0.1, 0.15) is 32.5 Å². The van der Waals surface area contributed by atoms with Crippen LogP contribution in [0, 0.1) is 0 Å². The number of nitrogens with one attached hydrogen (secondary N) is 3. The van der Waals surface area contributed by atoms with Crippen molar-refractivity contribution in [3.05, 3.63) is 24.3 Å². The van der Waals surface area contributed by atoms with E-state index in [9.17, 15) is 4.79 Å². The molecule has 1 aliphatic carbocycles. The van der Waals surface area contributed by atoms with Gasteiger partial charge in [-0.15, -0.1) is 0 Å². The number of carbonyl (C=O) groups is 1. The van der Waals surface area contributed by atoms with Crippen LogP contribution in [0.25, 0.3) is 22.8 Å². The van der Waals surface area contributed by atoms with Gasteiger partial charge in [0.25, 0.3) is 5.88 Å². The van der Waals surface area contributed by atoms with Gasteiger partial charge in [0.2, 0.25) is 5.95 Å². The maximum Gasteiger partial charge on any atom is 0.407 e. The summed E-state index contributed by atoms with van der Waals surface area (Å²) in [6.07, 6.45) is 4.83. The fraction of sp³-hybridized carbons (Fsp3) is 0.429. The monoisotopic (exact) mass is 453 g/mol. The molecule has 4 rings (SSSR count). The number of aromatic nitrogens is 6. The van der Waals surface area contributed by atoms with Crippen molar-refractivity contribution in [3.8, 4) is 28.7 Å². The van der Waals surface area contributed by atoms with Crippen molar-refractivity contribution in [3.63, 3.8) is 0 Å². The molecule has 174 valence electrons. The molecule has 1 aliphatic rings. The summed E-state index contributed by atoms with van der Waals surface area (Å²) in [6, 6.07) is 1.60. The van der Waals surface area contributed by atoms with Gasteiger partial charge in [0, 0.05) is 24.2 Å². The molecule has 1 atom stereocenters. The Labute approximate surface area is 190 Å². The molecule has 33 heavy (non-hydrogen) atoms. The van der Waals surface area contributed by atoms with E-state index in [0.29, 0.717) is 35.3 Å². The largest absolute Gasteiger partial charge is 0.478 e. The first kappa shape index (κ1) is 22.2. The molecule has 0 aliphatic heterocycles. The van der Waals surface area contributed by atoms with Crippen LogP contribution in [0.5, 0.6) is 5.88 Å². The number of methoxy groups -OCH3 is 2. The van der Waals surface area contributed by atoms with Crippen LogP contribution in [-0.2, 0) is 10.2 Å². The second-order valence-corrected chi connectivity index (χ2v) is 8.20. The number of carbonyl (C=O) groups excluding carboxylic acids is 1. The number of alkyl carbamates (subject to hydrolysis) is 1. The Morgan fingerprint density at radius 3 is 2.73 bits per heavy atom. The Morgan fingerprint density at radius 2 is 2.03 bits per heavy atom. The highest BCUT2D eigenvalue weighted by atomic mass is 16.5. The smallest absolute Gasteiger partial charge is 0.407 e. The summed E-state index contributed by atoms with van der Waals surface area (Å²) in [4.78, 5) is 37.2. The highest BCUT2D eigenvalue weighted by molar-refractivity contribution is 5.75. The highest BCUT2D eigenvalue weighted by Gasteiger charge is 2.42. The van der Waals surface area contributed by atoms with E-state index in [1.165, 1.54) is 14.2 Å². The molecule has 3 aromatic heterocycles. The summed E-state index contributed by atoms with van der Waals surface area (Å²) in [7, 11) is 2.81. The first-order valence-electron chi connectivity index (χ1n) is 10.5. The molecule has 3 aromatic rings. The van der Waals surface area contributed by atoms with Crippen molar-refractivity contribution in [1.29, 1.82) is 0 Å². The van der Waals surface area contributed by atoms with Gasteiger partial charge in [-0.1, -0.05) is 6.92 Å². The predicted octanol–water partition coefficient (Wildman–Crippen LogP) is 2.12. The Balaban J connectivity index is 1.65. The molecule has 1 fully saturated rings. The highest BCUT2D eigenvalue weighted by Crippen LogP contribution is 2.47. The van der Waals surface area contributed by atoms with Gasteiger partial charge in [0.15, 0.2) is 5.82 Å². The molecular weight excluding hydrogens is 426 g/mol. The van der Waals surface area contributed by atoms with Gasteiger partial charge < -0.3 is 30.8 Å². The van der Waals surface area contributed by atoms with Crippen molar-refractivity contribution < 1.29 is 14.3 Å². The van der Waals surface area contributed by atoms with Crippen LogP contribution in [0.15, 0.2) is 18.5 Å². The summed E-state index contributed by atoms with van der Waals surface area (Å²) in [5.41, 5.74) is 8.30. The summed E-state index contributed by atoms with van der Waals surface area (Å²) < 4.78 is 9.85. The van der Waals surface area contributed by atoms with Crippen LogP contribution < -0.4 is 21.1 Å². The average Bonchev–Trinajstić information content (AvgIpc) is 3.40. The maximum atomic E-state index is 11.4. The van der Waals surface area contributed by atoms with Crippen LogP contribution >= 0.6 is 0 Å². The number of H-pyrrole nitrogens is 1. The SMILES string of the molecule is COC(=O)NC(C)CNc1nccc(-c2[nH]c(C3(C)CC3)nc2-c2cnc(N)c(OC)n2)n1. The predicted molar refractivity (Wildman–Crippen MR) is 122 cm³/mol. The maximum absolute atomic E-state index is 11.4. The van der Waals surface area contributed by atoms with Crippen LogP contribution in [0.2, 0.25) is 0 Å². The third-order valence-corrected chi connectivity index (χ3v) is 5.51. The molecular formula is C21H27N9O3. The van der Waals surface area contributed by atoms with E-state index in [1.54, 1.807) is 18.5 Å². The van der Waals surface area contributed by atoms with E-state index in [1.807, 2.05) is 6.92 Å². The van der Waals surface area contributed by atoms with Gasteiger partial charge in [-0.25, -0.2) is 29.7 Å². The van der Waals surface area contributed by atoms with E-state index < -0.39 is 6.09 Å². The quantitative estimate of drug-likeness (QED) is 0.397. The van der Waals surface area contributed by atoms with Gasteiger partial charge in [-0.3, -0.25) is 0 Å². The number of ether oxygens (including phenoxy) is 2. The summed E-state index contributed by atoms with van der Waals surface area (Å²) in [5.74, 6) is 1.72. The van der Waals surface area contributed by atoms with Crippen molar-refractivity contribution in [1.82, 2.24) is 35.2 Å². The topological polar surface area (TPSA) is 166 Å². The van der Waals surface area contributed by atoms with Gasteiger partial charge in [-0.05, 0) is 25.8 Å². The molecule has 5 N–H and O–H groups in total. The number of hydrogen-bond acceptors (Lipinski definition) is 10. The molecule has 3 heterocycles. The molecule has 12 nitrogen and oxygen atoms in total. The first-order valence-corrected chi connectivity index (χ1v) is 10.5. The van der Waals surface area contributed by atoms with Crippen LogP contribution in [0.4, 0.5) is 16.6 Å². The van der Waals surface area contributed by atoms with E-state index >= 15 is 0 Å². The zero-order valence-corrected chi connectivity index (χ0v) is 19.0. The molecule has 0 radical (unpaired) electrons. The zero-order chi connectivity index (χ0) is 23.6. The lowest BCUT2D eigenvalue weighted by molar-refractivity contribution is 0.168. The molecule has 0 spiro atoms. The molecule has 1 saturated carbocycles. The summed E-state index contributed by atoms with van der Waals surface area (Å²) >= 11 is 0. The van der Waals surface area contributed by atoms with Gasteiger partial charge in [-0.2, -0.15) is 0 Å². The van der Waals surface area contributed by atoms with Gasteiger partial charge >= 0.3 is 6.09 Å². The minimum absolute atomic E-state index is 0.00141. The number of anilines is 2. The minimum atomic E-state index is -0.498. The number of nitrogens with zero attached hydrogens (tertiary/aromatic N) is 5. The lowest BCUT2D eigenvalue weighted by Crippen LogP contribution is -2.37. The van der Waals surface area contributed by atoms with E-state index in [-0.39, 0.29) is 23.2 Å². The Morgan fingerprint density at radius 1 is 1.24 bits per heavy atom. The zero-order valence-electron chi connectivity index (χ0n) is 19.0. The van der Waals surface area contributed by atoms with Crippen molar-refractivity contribution in [2.45, 2.75) is 38.1 Å². The van der Waals surface area contributed by atoms with E-state index in [0.717, 1.165) is 18.7 Å². The minimum Gasteiger partial charge on any atom is -0.478 e. The van der Waals surface area contributed by atoms with E-state index in [2.05, 4.69) is 47.2 Å². The number of nitrogens with two attached hydrogens (primary N) is 1. The number of nitrogen functional groups attached to an aromatic ring is 1. The van der Waals surface area contributed by atoms with E-state index in [4.69, 9.17) is 15.5 Å². The second-order valence-electron chi connectivity index (χ2n) is 8.20. The van der Waals surface area contributed by atoms with Crippen LogP contribution in [0.3, 0.4) is 0 Å². The van der Waals surface area contributed by atoms with Gasteiger partial charge in [0.1, 0.15) is 17.2 Å². The second kappa shape index (κ2) is 8.88. The average molecular weight is 454 g/mol. The summed E-state index contributed by atoms with van der Waals surface area (Å²) in [6.45, 7) is 4.42. The Kier molecular flexibility index (Phi) is 5.99. The number of hydrogen-bond donors (Lipinski definition) is 4. The molecule has 1 amide bonds. The molecule has 0 bridgehead atoms. The Hall–Kier alpha value is -3.96. The molecule has 1 unspecified atom stereocenters. The lowest BCUT2D eigenvalue weighted by Gasteiger charge is -2.14. The fourth-order valence-electron chi connectivity index (χ4n) is 3.24. The summed E-state index contributed by atoms with van der Waals surface area (Å²) in [5, 5.41) is 5.81. The molecule has 12 heteroatoms. The number of amides is 1. The third-order valence-electron chi connectivity index (χ3n) is 5.51. The lowest BCUT2D eigenvalue weighted by atomic mass is 10.1. The van der Waals surface area contributed by atoms with Crippen molar-refractivity contribution in [2.24, 2.45) is 0 Å². The molecule has 0 aromatic carbocycles. The first-order chi connectivity index (χ1) is 15.8. The third kappa shape index (κ3) is 4.78. The number of rotatable bonds is 8. The van der Waals surface area contributed by atoms with Crippen molar-refractivity contribution in [2.75, 3.05) is 31.8 Å². The van der Waals surface area contributed by atoms with Crippen LogP contribution in [-0.4, -0.2) is 62.8 Å². The number of imidazole rings is 1. The van der Waals surface area contributed by atoms with Crippen molar-refractivity contribution >= 4 is 17.9 Å². The standard InChI is InChI=1S/C21H27N9O3/c1-11(26-20(31)33-4)9-25-19-23-8-5-12(28-19)14-15(30-18(29-14)21(2)6-7-21)13-10-24-16(22)17(27-13)32-3/h5,8,10-11H,6-7,9H2,1-4H3,(H2,22,24)(H,26,31)(H,29,30)(H,23,25,28). The molecule has 0 saturated heterocycles. The Bertz CT molecular complexity index is 1160.